The van der Waals surface area contributed by atoms with Crippen LogP contribution in [-0.2, 0) is 0 Å². The van der Waals surface area contributed by atoms with Gasteiger partial charge in [-0.15, -0.1) is 11.3 Å². The minimum atomic E-state index is -0.252. The van der Waals surface area contributed by atoms with Gasteiger partial charge in [0.2, 0.25) is 0 Å². The fourth-order valence-corrected chi connectivity index (χ4v) is 4.38. The Morgan fingerprint density at radius 3 is 2.67 bits per heavy atom. The van der Waals surface area contributed by atoms with Gasteiger partial charge in [0.05, 0.1) is 12.0 Å². The second-order valence-corrected chi connectivity index (χ2v) is 7.76. The molecule has 2 heterocycles. The van der Waals surface area contributed by atoms with E-state index < -0.39 is 0 Å². The van der Waals surface area contributed by atoms with Crippen LogP contribution in [0, 0.1) is 0 Å². The van der Waals surface area contributed by atoms with Crippen molar-refractivity contribution in [3.05, 3.63) is 53.8 Å². The largest absolute Gasteiger partial charge is 0.459 e. The van der Waals surface area contributed by atoms with Crippen LogP contribution < -0.4 is 10.2 Å². The molecule has 0 atom stereocenters. The van der Waals surface area contributed by atoms with E-state index in [2.05, 4.69) is 22.6 Å². The predicted molar refractivity (Wildman–Crippen MR) is 109 cm³/mol. The Labute approximate surface area is 163 Å². The van der Waals surface area contributed by atoms with Crippen molar-refractivity contribution in [2.24, 2.45) is 0 Å². The minimum Gasteiger partial charge on any atom is -0.459 e. The maximum absolute atomic E-state index is 12.0. The van der Waals surface area contributed by atoms with Crippen LogP contribution in [-0.4, -0.2) is 24.0 Å². The van der Waals surface area contributed by atoms with Crippen molar-refractivity contribution >= 4 is 28.1 Å². The molecule has 1 amide bonds. The summed E-state index contributed by atoms with van der Waals surface area (Å²) in [6.45, 7) is 0. The molecule has 5 nitrogen and oxygen atoms in total. The average molecular weight is 382 g/mol. The van der Waals surface area contributed by atoms with Crippen LogP contribution in [0.4, 0.5) is 10.8 Å². The molecule has 2 aromatic heterocycles. The number of benzene rings is 1. The Kier molecular flexibility index (Phi) is 5.25. The van der Waals surface area contributed by atoms with Crippen LogP contribution >= 0.6 is 11.3 Å². The molecule has 4 rings (SSSR count). The summed E-state index contributed by atoms with van der Waals surface area (Å²) in [4.78, 5) is 19.2. The lowest BCUT2D eigenvalue weighted by molar-refractivity contribution is 0.0996. The lowest BCUT2D eigenvalue weighted by Gasteiger charge is -2.30. The van der Waals surface area contributed by atoms with Gasteiger partial charge in [0.1, 0.15) is 0 Å². The molecule has 1 aromatic carbocycles. The van der Waals surface area contributed by atoms with Gasteiger partial charge in [-0.2, -0.15) is 0 Å². The van der Waals surface area contributed by atoms with Gasteiger partial charge in [0.25, 0.3) is 5.91 Å². The second-order valence-electron chi connectivity index (χ2n) is 6.93. The van der Waals surface area contributed by atoms with E-state index in [-0.39, 0.29) is 5.91 Å². The normalized spacial score (nSPS) is 14.9. The number of nitrogens with one attached hydrogen (secondary N) is 1. The summed E-state index contributed by atoms with van der Waals surface area (Å²) < 4.78 is 5.11. The highest BCUT2D eigenvalue weighted by Gasteiger charge is 2.20. The molecule has 1 N–H and O–H groups in total. The van der Waals surface area contributed by atoms with E-state index in [0.717, 1.165) is 22.1 Å². The SMILES string of the molecule is CN(c1nc(-c2ccc(NC(=O)c3ccco3)cc2)cs1)C1CCCCC1. The zero-order valence-corrected chi connectivity index (χ0v) is 16.2. The van der Waals surface area contributed by atoms with Gasteiger partial charge < -0.3 is 14.6 Å². The summed E-state index contributed by atoms with van der Waals surface area (Å²) in [6.07, 6.45) is 8.00. The molecular weight excluding hydrogens is 358 g/mol. The van der Waals surface area contributed by atoms with Crippen LogP contribution in [0.25, 0.3) is 11.3 Å². The second kappa shape index (κ2) is 7.96. The molecule has 1 aliphatic carbocycles. The van der Waals surface area contributed by atoms with Gasteiger partial charge in [0, 0.05) is 29.7 Å². The summed E-state index contributed by atoms with van der Waals surface area (Å²) in [5, 5.41) is 6.01. The molecule has 3 aromatic rings. The first-order chi connectivity index (χ1) is 13.2. The molecule has 0 saturated heterocycles. The number of furan rings is 1. The third kappa shape index (κ3) is 4.06. The van der Waals surface area contributed by atoms with E-state index in [0.29, 0.717) is 11.8 Å². The topological polar surface area (TPSA) is 58.4 Å². The van der Waals surface area contributed by atoms with Gasteiger partial charge in [-0.25, -0.2) is 4.98 Å². The van der Waals surface area contributed by atoms with Crippen molar-refractivity contribution in [2.75, 3.05) is 17.3 Å². The number of aromatic nitrogens is 1. The Balaban J connectivity index is 1.43. The molecule has 27 heavy (non-hydrogen) atoms. The number of carbonyl (C=O) groups is 1. The fourth-order valence-electron chi connectivity index (χ4n) is 3.51. The Bertz CT molecular complexity index is 881. The number of carbonyl (C=O) groups excluding carboxylic acids is 1. The molecule has 1 aliphatic rings. The van der Waals surface area contributed by atoms with Gasteiger partial charge in [-0.1, -0.05) is 31.4 Å². The quantitative estimate of drug-likeness (QED) is 0.641. The molecule has 0 bridgehead atoms. The number of amides is 1. The highest BCUT2D eigenvalue weighted by atomic mass is 32.1. The van der Waals surface area contributed by atoms with E-state index >= 15 is 0 Å². The van der Waals surface area contributed by atoms with Gasteiger partial charge in [-0.3, -0.25) is 4.79 Å². The first kappa shape index (κ1) is 17.8. The maximum Gasteiger partial charge on any atom is 0.291 e. The summed E-state index contributed by atoms with van der Waals surface area (Å²) in [5.74, 6) is 0.0479. The summed E-state index contributed by atoms with van der Waals surface area (Å²) >= 11 is 1.69. The van der Waals surface area contributed by atoms with Gasteiger partial charge >= 0.3 is 0 Å². The summed E-state index contributed by atoms with van der Waals surface area (Å²) in [7, 11) is 2.16. The zero-order chi connectivity index (χ0) is 18.6. The number of hydrogen-bond acceptors (Lipinski definition) is 5. The number of anilines is 2. The molecule has 0 radical (unpaired) electrons. The fraction of sp³-hybridized carbons (Fsp3) is 0.333. The van der Waals surface area contributed by atoms with Crippen LogP contribution in [0.1, 0.15) is 42.7 Å². The van der Waals surface area contributed by atoms with Crippen LogP contribution in [0.5, 0.6) is 0 Å². The Morgan fingerprint density at radius 1 is 1.19 bits per heavy atom. The van der Waals surface area contributed by atoms with Crippen molar-refractivity contribution < 1.29 is 9.21 Å². The van der Waals surface area contributed by atoms with E-state index in [1.54, 1.807) is 23.5 Å². The number of hydrogen-bond donors (Lipinski definition) is 1. The van der Waals surface area contributed by atoms with Crippen LogP contribution in [0.2, 0.25) is 0 Å². The Morgan fingerprint density at radius 2 is 1.96 bits per heavy atom. The van der Waals surface area contributed by atoms with Crippen LogP contribution in [0.3, 0.4) is 0 Å². The Hall–Kier alpha value is -2.60. The molecule has 0 spiro atoms. The lowest BCUT2D eigenvalue weighted by Crippen LogP contribution is -2.33. The standard InChI is InChI=1S/C21H23N3O2S/c1-24(17-6-3-2-4-7-17)21-23-18(14-27-21)15-9-11-16(12-10-15)22-20(25)19-8-5-13-26-19/h5,8-14,17H,2-4,6-7H2,1H3,(H,22,25). The van der Waals surface area contributed by atoms with Crippen molar-refractivity contribution in [1.29, 1.82) is 0 Å². The molecular formula is C21H23N3O2S. The van der Waals surface area contributed by atoms with E-state index in [9.17, 15) is 4.79 Å². The molecule has 0 unspecified atom stereocenters. The van der Waals surface area contributed by atoms with Crippen LogP contribution in [0.15, 0.2) is 52.5 Å². The van der Waals surface area contributed by atoms with E-state index in [1.165, 1.54) is 38.4 Å². The third-order valence-corrected chi connectivity index (χ3v) is 6.03. The lowest BCUT2D eigenvalue weighted by atomic mass is 9.95. The molecule has 6 heteroatoms. The first-order valence-corrected chi connectivity index (χ1v) is 10.2. The monoisotopic (exact) mass is 381 g/mol. The molecule has 1 fully saturated rings. The minimum absolute atomic E-state index is 0.252. The smallest absolute Gasteiger partial charge is 0.291 e. The zero-order valence-electron chi connectivity index (χ0n) is 15.4. The maximum atomic E-state index is 12.0. The highest BCUT2D eigenvalue weighted by molar-refractivity contribution is 7.14. The highest BCUT2D eigenvalue weighted by Crippen LogP contribution is 2.31. The van der Waals surface area contributed by atoms with Gasteiger partial charge in [-0.05, 0) is 37.1 Å². The summed E-state index contributed by atoms with van der Waals surface area (Å²) in [6, 6.07) is 11.7. The molecule has 0 aliphatic heterocycles. The number of nitrogens with zero attached hydrogens (tertiary/aromatic N) is 2. The predicted octanol–water partition coefficient (Wildman–Crippen LogP) is 5.42. The van der Waals surface area contributed by atoms with Crippen molar-refractivity contribution in [3.8, 4) is 11.3 Å². The van der Waals surface area contributed by atoms with Gasteiger partial charge in [0.15, 0.2) is 10.9 Å². The van der Waals surface area contributed by atoms with Crippen molar-refractivity contribution in [3.63, 3.8) is 0 Å². The first-order valence-electron chi connectivity index (χ1n) is 9.34. The summed E-state index contributed by atoms with van der Waals surface area (Å²) in [5.41, 5.74) is 2.75. The number of rotatable bonds is 5. The van der Waals surface area contributed by atoms with E-state index in [1.807, 2.05) is 24.3 Å². The van der Waals surface area contributed by atoms with Crippen molar-refractivity contribution in [2.45, 2.75) is 38.1 Å². The molecule has 1 saturated carbocycles. The van der Waals surface area contributed by atoms with Crippen molar-refractivity contribution in [1.82, 2.24) is 4.98 Å². The number of thiazole rings is 1. The van der Waals surface area contributed by atoms with E-state index in [4.69, 9.17) is 9.40 Å². The average Bonchev–Trinajstić information content (AvgIpc) is 3.41. The third-order valence-electron chi connectivity index (χ3n) is 5.10. The molecule has 140 valence electrons.